The van der Waals surface area contributed by atoms with Crippen LogP contribution in [0.1, 0.15) is 21.5 Å². The Hall–Kier alpha value is -3.16. The molecule has 4 amide bonds. The Morgan fingerprint density at radius 1 is 1.17 bits per heavy atom. The third-order valence-electron chi connectivity index (χ3n) is 4.24. The zero-order valence-electron chi connectivity index (χ0n) is 12.2. The fourth-order valence-electron chi connectivity index (χ4n) is 3.04. The minimum atomic E-state index is -1.17. The first-order valence-corrected chi connectivity index (χ1v) is 6.88. The molecule has 0 saturated carbocycles. The molecule has 6 N–H and O–H groups in total. The Morgan fingerprint density at radius 2 is 1.91 bits per heavy atom. The molecule has 3 rings (SSSR count). The van der Waals surface area contributed by atoms with E-state index in [9.17, 15) is 14.4 Å². The summed E-state index contributed by atoms with van der Waals surface area (Å²) in [6.45, 7) is 0.0788. The standard InChI is InChI=1S/C15H15N5O3/c16-12(21)9-3-1-2-8-10(9)4-19-6-15(13(17)22)7-20(14(18)23)5-11(8)15/h1-5H,6-7H2,(H2,16,21)(H2,17,22)(H2,18,23). The summed E-state index contributed by atoms with van der Waals surface area (Å²) >= 11 is 0. The molecular weight excluding hydrogens is 298 g/mol. The largest absolute Gasteiger partial charge is 0.369 e. The van der Waals surface area contributed by atoms with Gasteiger partial charge >= 0.3 is 6.03 Å². The second-order valence-corrected chi connectivity index (χ2v) is 5.56. The predicted molar refractivity (Wildman–Crippen MR) is 83.3 cm³/mol. The Labute approximate surface area is 131 Å². The molecule has 1 atom stereocenters. The van der Waals surface area contributed by atoms with E-state index in [1.165, 1.54) is 17.3 Å². The van der Waals surface area contributed by atoms with E-state index in [4.69, 9.17) is 17.2 Å². The summed E-state index contributed by atoms with van der Waals surface area (Å²) < 4.78 is 0. The summed E-state index contributed by atoms with van der Waals surface area (Å²) in [5.41, 5.74) is 17.0. The second kappa shape index (κ2) is 4.94. The zero-order chi connectivity index (χ0) is 16.8. The highest BCUT2D eigenvalue weighted by atomic mass is 16.2. The number of benzene rings is 1. The topological polar surface area (TPSA) is 145 Å². The van der Waals surface area contributed by atoms with Crippen molar-refractivity contribution in [1.29, 1.82) is 0 Å². The average Bonchev–Trinajstić information content (AvgIpc) is 2.81. The van der Waals surface area contributed by atoms with E-state index in [0.29, 0.717) is 16.7 Å². The molecule has 8 heteroatoms. The molecule has 0 saturated heterocycles. The highest BCUT2D eigenvalue weighted by Crippen LogP contribution is 2.44. The first-order valence-electron chi connectivity index (χ1n) is 6.88. The molecule has 2 aliphatic heterocycles. The van der Waals surface area contributed by atoms with Gasteiger partial charge in [-0.05, 0) is 17.2 Å². The van der Waals surface area contributed by atoms with Crippen LogP contribution in [0.5, 0.6) is 0 Å². The summed E-state index contributed by atoms with van der Waals surface area (Å²) in [5.74, 6) is -1.22. The highest BCUT2D eigenvalue weighted by molar-refractivity contribution is 6.08. The first kappa shape index (κ1) is 14.8. The molecule has 118 valence electrons. The summed E-state index contributed by atoms with van der Waals surface area (Å²) in [6, 6.07) is 4.26. The zero-order valence-corrected chi connectivity index (χ0v) is 12.2. The van der Waals surface area contributed by atoms with Crippen LogP contribution < -0.4 is 17.2 Å². The molecule has 1 unspecified atom stereocenters. The average molecular weight is 313 g/mol. The Bertz CT molecular complexity index is 798. The second-order valence-electron chi connectivity index (χ2n) is 5.56. The molecule has 0 aromatic heterocycles. The molecule has 0 fully saturated rings. The fourth-order valence-corrected chi connectivity index (χ4v) is 3.04. The molecule has 0 aliphatic carbocycles. The number of hydrogen-bond donors (Lipinski definition) is 3. The molecule has 0 bridgehead atoms. The van der Waals surface area contributed by atoms with Gasteiger partial charge < -0.3 is 17.2 Å². The SMILES string of the molecule is NC(=O)c1cccc2c1C=NCC1(C(N)=O)CN(C(N)=O)C=C21. The molecule has 1 aromatic rings. The number of hydrogen-bond acceptors (Lipinski definition) is 4. The first-order chi connectivity index (χ1) is 10.9. The van der Waals surface area contributed by atoms with Crippen LogP contribution in [0.4, 0.5) is 4.79 Å². The van der Waals surface area contributed by atoms with Gasteiger partial charge in [0.25, 0.3) is 0 Å². The Balaban J connectivity index is 2.28. The van der Waals surface area contributed by atoms with Gasteiger partial charge in [0.15, 0.2) is 0 Å². The van der Waals surface area contributed by atoms with E-state index in [1.807, 2.05) is 0 Å². The van der Waals surface area contributed by atoms with E-state index in [2.05, 4.69) is 4.99 Å². The minimum absolute atomic E-state index is 0.0184. The van der Waals surface area contributed by atoms with E-state index in [0.717, 1.165) is 0 Å². The summed E-state index contributed by atoms with van der Waals surface area (Å²) in [6.07, 6.45) is 3.00. The normalized spacial score (nSPS) is 21.9. The molecule has 2 aliphatic rings. The number of aliphatic imine (C=N–C) groups is 1. The number of nitrogens with two attached hydrogens (primary N) is 3. The number of rotatable bonds is 2. The van der Waals surface area contributed by atoms with Crippen molar-refractivity contribution in [3.05, 3.63) is 41.1 Å². The van der Waals surface area contributed by atoms with Crippen molar-refractivity contribution < 1.29 is 14.4 Å². The van der Waals surface area contributed by atoms with E-state index in [1.54, 1.807) is 18.2 Å². The number of carbonyl (C=O) groups is 3. The van der Waals surface area contributed by atoms with Crippen LogP contribution in [-0.2, 0) is 4.79 Å². The minimum Gasteiger partial charge on any atom is -0.369 e. The summed E-state index contributed by atoms with van der Waals surface area (Å²) in [7, 11) is 0. The quantitative estimate of drug-likeness (QED) is 0.671. The van der Waals surface area contributed by atoms with Crippen molar-refractivity contribution in [3.63, 3.8) is 0 Å². The van der Waals surface area contributed by atoms with Gasteiger partial charge in [-0.15, -0.1) is 0 Å². The molecular formula is C15H15N5O3. The van der Waals surface area contributed by atoms with Gasteiger partial charge in [0.1, 0.15) is 5.41 Å². The van der Waals surface area contributed by atoms with Crippen LogP contribution in [0.15, 0.2) is 29.4 Å². The van der Waals surface area contributed by atoms with Gasteiger partial charge in [-0.2, -0.15) is 0 Å². The van der Waals surface area contributed by atoms with Crippen LogP contribution in [0, 0.1) is 5.41 Å². The van der Waals surface area contributed by atoms with Gasteiger partial charge in [-0.25, -0.2) is 4.79 Å². The monoisotopic (exact) mass is 313 g/mol. The van der Waals surface area contributed by atoms with Gasteiger partial charge in [0.05, 0.1) is 6.54 Å². The number of amides is 4. The maximum absolute atomic E-state index is 12.1. The van der Waals surface area contributed by atoms with Gasteiger partial charge in [0.2, 0.25) is 11.8 Å². The van der Waals surface area contributed by atoms with E-state index >= 15 is 0 Å². The molecule has 0 radical (unpaired) electrons. The number of primary amides is 3. The molecule has 23 heavy (non-hydrogen) atoms. The van der Waals surface area contributed by atoms with Crippen LogP contribution in [0.2, 0.25) is 0 Å². The fraction of sp³-hybridized carbons (Fsp3) is 0.200. The maximum atomic E-state index is 12.1. The van der Waals surface area contributed by atoms with Gasteiger partial charge in [-0.3, -0.25) is 19.5 Å². The molecule has 8 nitrogen and oxygen atoms in total. The van der Waals surface area contributed by atoms with Gasteiger partial charge in [-0.1, -0.05) is 12.1 Å². The third-order valence-corrected chi connectivity index (χ3v) is 4.24. The lowest BCUT2D eigenvalue weighted by molar-refractivity contribution is -0.124. The lowest BCUT2D eigenvalue weighted by Crippen LogP contribution is -2.45. The highest BCUT2D eigenvalue weighted by Gasteiger charge is 2.49. The predicted octanol–water partition coefficient (Wildman–Crippen LogP) is -0.575. The molecule has 1 aromatic carbocycles. The lowest BCUT2D eigenvalue weighted by atomic mass is 9.77. The van der Waals surface area contributed by atoms with E-state index in [-0.39, 0.29) is 18.7 Å². The van der Waals surface area contributed by atoms with Crippen LogP contribution in [0.25, 0.3) is 5.57 Å². The van der Waals surface area contributed by atoms with Crippen molar-refractivity contribution in [2.24, 2.45) is 27.6 Å². The number of urea groups is 1. The van der Waals surface area contributed by atoms with Crippen LogP contribution in [-0.4, -0.2) is 42.0 Å². The van der Waals surface area contributed by atoms with Crippen molar-refractivity contribution in [1.82, 2.24) is 4.90 Å². The Kier molecular flexibility index (Phi) is 3.17. The number of nitrogens with zero attached hydrogens (tertiary/aromatic N) is 2. The van der Waals surface area contributed by atoms with Crippen molar-refractivity contribution >= 4 is 29.6 Å². The smallest absolute Gasteiger partial charge is 0.318 e. The van der Waals surface area contributed by atoms with E-state index < -0.39 is 23.3 Å². The van der Waals surface area contributed by atoms with Crippen LogP contribution >= 0.6 is 0 Å². The van der Waals surface area contributed by atoms with Crippen molar-refractivity contribution in [2.45, 2.75) is 0 Å². The lowest BCUT2D eigenvalue weighted by Gasteiger charge is -2.27. The van der Waals surface area contributed by atoms with Crippen molar-refractivity contribution in [2.75, 3.05) is 13.1 Å². The third kappa shape index (κ3) is 2.07. The summed E-state index contributed by atoms with van der Waals surface area (Å²) in [5, 5.41) is 0. The maximum Gasteiger partial charge on any atom is 0.318 e. The summed E-state index contributed by atoms with van der Waals surface area (Å²) in [4.78, 5) is 40.8. The molecule has 0 spiro atoms. The number of fused-ring (bicyclic) bond motifs is 3. The van der Waals surface area contributed by atoms with Gasteiger partial charge in [0, 0.05) is 30.1 Å². The van der Waals surface area contributed by atoms with Crippen LogP contribution in [0.3, 0.4) is 0 Å². The van der Waals surface area contributed by atoms with Crippen molar-refractivity contribution in [3.8, 4) is 0 Å². The number of carbonyl (C=O) groups excluding carboxylic acids is 3. The Morgan fingerprint density at radius 3 is 2.52 bits per heavy atom. The molecule has 2 heterocycles.